The van der Waals surface area contributed by atoms with Crippen LogP contribution in [0.25, 0.3) is 16.8 Å². The van der Waals surface area contributed by atoms with Gasteiger partial charge in [0.1, 0.15) is 13.2 Å². The maximum absolute atomic E-state index is 13.0. The van der Waals surface area contributed by atoms with Crippen molar-refractivity contribution in [2.75, 3.05) is 26.7 Å². The van der Waals surface area contributed by atoms with Gasteiger partial charge >= 0.3 is 0 Å². The number of amides is 3. The molecule has 38 heavy (non-hydrogen) atoms. The van der Waals surface area contributed by atoms with Crippen LogP contribution in [0, 0.1) is 0 Å². The number of ether oxygens (including phenoxy) is 2. The van der Waals surface area contributed by atoms with Crippen LogP contribution in [0.4, 0.5) is 4.79 Å². The van der Waals surface area contributed by atoms with E-state index in [-0.39, 0.29) is 17.4 Å². The number of nitrogens with zero attached hydrogens (tertiary/aromatic N) is 2. The molecule has 0 atom stereocenters. The number of halogens is 1. The predicted octanol–water partition coefficient (Wildman–Crippen LogP) is 6.24. The van der Waals surface area contributed by atoms with Gasteiger partial charge in [-0.05, 0) is 71.1 Å². The van der Waals surface area contributed by atoms with Gasteiger partial charge in [-0.1, -0.05) is 58.4 Å². The van der Waals surface area contributed by atoms with Gasteiger partial charge in [0, 0.05) is 17.6 Å². The van der Waals surface area contributed by atoms with Crippen molar-refractivity contribution in [2.45, 2.75) is 25.9 Å². The summed E-state index contributed by atoms with van der Waals surface area (Å²) in [5.74, 6) is 0.389. The maximum Gasteiger partial charge on any atom is 0.294 e. The first-order chi connectivity index (χ1) is 18.4. The fourth-order valence-corrected chi connectivity index (χ4v) is 5.93. The van der Waals surface area contributed by atoms with Crippen LogP contribution in [-0.2, 0) is 16.2 Å². The highest BCUT2D eigenvalue weighted by atomic mass is 79.9. The normalized spacial score (nSPS) is 16.9. The van der Waals surface area contributed by atoms with Crippen molar-refractivity contribution >= 4 is 61.6 Å². The zero-order valence-corrected chi connectivity index (χ0v) is 23.3. The fraction of sp³-hybridized carbons (Fsp3) is 0.276. The molecular formula is C29H27BrN2O5S. The number of hydrogen-bond donors (Lipinski definition) is 0. The van der Waals surface area contributed by atoms with E-state index in [4.69, 9.17) is 9.47 Å². The van der Waals surface area contributed by atoms with E-state index in [0.717, 1.165) is 52.3 Å². The van der Waals surface area contributed by atoms with E-state index in [0.29, 0.717) is 41.2 Å². The molecule has 2 aliphatic rings. The third kappa shape index (κ3) is 5.59. The van der Waals surface area contributed by atoms with Crippen LogP contribution in [-0.4, -0.2) is 53.6 Å². The first-order valence-electron chi connectivity index (χ1n) is 12.4. The Kier molecular flexibility index (Phi) is 8.04. The van der Waals surface area contributed by atoms with Crippen LogP contribution in [0.1, 0.15) is 30.4 Å². The summed E-state index contributed by atoms with van der Waals surface area (Å²) in [4.78, 5) is 41.2. The number of benzene rings is 3. The highest BCUT2D eigenvalue weighted by Gasteiger charge is 2.37. The van der Waals surface area contributed by atoms with Gasteiger partial charge in [-0.25, -0.2) is 0 Å². The number of hydrogen-bond acceptors (Lipinski definition) is 6. The molecule has 2 heterocycles. The van der Waals surface area contributed by atoms with E-state index in [1.165, 1.54) is 0 Å². The van der Waals surface area contributed by atoms with Crippen molar-refractivity contribution in [3.8, 4) is 11.5 Å². The molecule has 3 aromatic carbocycles. The lowest BCUT2D eigenvalue weighted by atomic mass is 10.1. The molecule has 2 aliphatic heterocycles. The number of piperidine rings is 1. The van der Waals surface area contributed by atoms with E-state index in [1.54, 1.807) is 30.2 Å². The second-order valence-corrected chi connectivity index (χ2v) is 11.0. The summed E-state index contributed by atoms with van der Waals surface area (Å²) >= 11 is 4.40. The number of likely N-dealkylation sites (tertiary alicyclic amines) is 1. The third-order valence-electron chi connectivity index (χ3n) is 6.71. The van der Waals surface area contributed by atoms with Crippen molar-refractivity contribution in [3.63, 3.8) is 0 Å². The summed E-state index contributed by atoms with van der Waals surface area (Å²) in [5, 5.41) is 1.83. The van der Waals surface area contributed by atoms with Crippen LogP contribution >= 0.6 is 27.7 Å². The summed E-state index contributed by atoms with van der Waals surface area (Å²) in [5.41, 5.74) is 1.71. The van der Waals surface area contributed by atoms with E-state index < -0.39 is 11.1 Å². The van der Waals surface area contributed by atoms with Gasteiger partial charge in [-0.2, -0.15) is 0 Å². The molecule has 196 valence electrons. The first kappa shape index (κ1) is 26.3. The molecule has 5 rings (SSSR count). The quantitative estimate of drug-likeness (QED) is 0.301. The monoisotopic (exact) mass is 594 g/mol. The zero-order valence-electron chi connectivity index (χ0n) is 20.9. The van der Waals surface area contributed by atoms with Crippen LogP contribution in [0.2, 0.25) is 0 Å². The van der Waals surface area contributed by atoms with Gasteiger partial charge < -0.3 is 14.4 Å². The lowest BCUT2D eigenvalue weighted by molar-refractivity contribution is -0.136. The summed E-state index contributed by atoms with van der Waals surface area (Å²) in [6.45, 7) is 1.47. The van der Waals surface area contributed by atoms with Gasteiger partial charge in [0.2, 0.25) is 5.91 Å². The van der Waals surface area contributed by atoms with Crippen LogP contribution in [0.3, 0.4) is 0 Å². The molecule has 0 N–H and O–H groups in total. The first-order valence-corrected chi connectivity index (χ1v) is 14.1. The Balaban J connectivity index is 1.32. The molecular weight excluding hydrogens is 568 g/mol. The molecule has 7 nitrogen and oxygen atoms in total. The van der Waals surface area contributed by atoms with E-state index >= 15 is 0 Å². The minimum atomic E-state index is -0.465. The second-order valence-electron chi connectivity index (χ2n) is 9.16. The molecule has 2 saturated heterocycles. The van der Waals surface area contributed by atoms with Crippen molar-refractivity contribution in [2.24, 2.45) is 0 Å². The number of imide groups is 1. The van der Waals surface area contributed by atoms with Gasteiger partial charge in [0.15, 0.2) is 11.5 Å². The van der Waals surface area contributed by atoms with Gasteiger partial charge in [-0.15, -0.1) is 0 Å². The summed E-state index contributed by atoms with van der Waals surface area (Å²) in [7, 11) is 1.55. The highest BCUT2D eigenvalue weighted by molar-refractivity contribution is 9.10. The Hall–Kier alpha value is -3.30. The molecule has 0 spiro atoms. The number of methoxy groups -OCH3 is 1. The number of carbonyl (C=O) groups excluding carboxylic acids is 3. The SMILES string of the molecule is COc1cc(/C=C2\SC(=O)N(CC(=O)N3CCCCC3)C2=O)c(Br)cc1OCc1cccc2ccccc12. The Bertz CT molecular complexity index is 1430. The van der Waals surface area contributed by atoms with Crippen LogP contribution in [0.15, 0.2) is 64.0 Å². The lowest BCUT2D eigenvalue weighted by Crippen LogP contribution is -2.44. The van der Waals surface area contributed by atoms with Crippen LogP contribution < -0.4 is 9.47 Å². The summed E-state index contributed by atoms with van der Waals surface area (Å²) in [6, 6.07) is 17.8. The molecule has 0 unspecified atom stereocenters. The van der Waals surface area contributed by atoms with Crippen molar-refractivity contribution in [1.82, 2.24) is 9.80 Å². The van der Waals surface area contributed by atoms with Crippen molar-refractivity contribution in [1.29, 1.82) is 0 Å². The van der Waals surface area contributed by atoms with Gasteiger partial charge in [0.05, 0.1) is 12.0 Å². The smallest absolute Gasteiger partial charge is 0.294 e. The van der Waals surface area contributed by atoms with Crippen LogP contribution in [0.5, 0.6) is 11.5 Å². The number of rotatable bonds is 7. The summed E-state index contributed by atoms with van der Waals surface area (Å²) in [6.07, 6.45) is 4.63. The average Bonchev–Trinajstić information content (AvgIpc) is 3.20. The number of carbonyl (C=O) groups is 3. The standard InChI is InChI=1S/C29H27BrN2O5S/c1-36-24-14-21(15-26-28(34)32(29(35)38-26)17-27(33)31-12-5-2-6-13-31)23(30)16-25(24)37-18-20-10-7-9-19-8-3-4-11-22(19)20/h3-4,7-11,14-16H,2,5-6,12-13,17-18H2,1H3/b26-15-. The predicted molar refractivity (Wildman–Crippen MR) is 152 cm³/mol. The second kappa shape index (κ2) is 11.6. The third-order valence-corrected chi connectivity index (χ3v) is 8.30. The van der Waals surface area contributed by atoms with Gasteiger partial charge in [-0.3, -0.25) is 19.3 Å². The number of fused-ring (bicyclic) bond motifs is 1. The number of thioether (sulfide) groups is 1. The molecule has 0 bridgehead atoms. The van der Waals surface area contributed by atoms with E-state index in [2.05, 4.69) is 34.1 Å². The van der Waals surface area contributed by atoms with Crippen molar-refractivity contribution < 1.29 is 23.9 Å². The molecule has 0 saturated carbocycles. The molecule has 0 aliphatic carbocycles. The topological polar surface area (TPSA) is 76.2 Å². The summed E-state index contributed by atoms with van der Waals surface area (Å²) < 4.78 is 12.4. The zero-order chi connectivity index (χ0) is 26.6. The Labute approximate surface area is 233 Å². The molecule has 0 radical (unpaired) electrons. The molecule has 3 amide bonds. The largest absolute Gasteiger partial charge is 0.493 e. The lowest BCUT2D eigenvalue weighted by Gasteiger charge is -2.27. The highest BCUT2D eigenvalue weighted by Crippen LogP contribution is 2.38. The van der Waals surface area contributed by atoms with E-state index in [1.807, 2.05) is 24.3 Å². The fourth-order valence-electron chi connectivity index (χ4n) is 4.66. The average molecular weight is 596 g/mol. The van der Waals surface area contributed by atoms with E-state index in [9.17, 15) is 14.4 Å². The maximum atomic E-state index is 13.0. The van der Waals surface area contributed by atoms with Gasteiger partial charge in [0.25, 0.3) is 11.1 Å². The minimum Gasteiger partial charge on any atom is -0.493 e. The Morgan fingerprint density at radius 1 is 1.03 bits per heavy atom. The van der Waals surface area contributed by atoms with Crippen molar-refractivity contribution in [3.05, 3.63) is 75.1 Å². The Morgan fingerprint density at radius 2 is 1.79 bits per heavy atom. The molecule has 3 aromatic rings. The molecule has 9 heteroatoms. The minimum absolute atomic E-state index is 0.191. The molecule has 0 aromatic heterocycles. The Morgan fingerprint density at radius 3 is 2.58 bits per heavy atom. The molecule has 2 fully saturated rings.